The number of carbonyl (C=O) groups excluding carboxylic acids is 1. The third-order valence-corrected chi connectivity index (χ3v) is 3.32. The third kappa shape index (κ3) is 6.55. The fraction of sp³-hybridized carbons (Fsp3) is 0.667. The quantitative estimate of drug-likeness (QED) is 0.667. The second kappa shape index (κ2) is 8.57. The van der Waals surface area contributed by atoms with Crippen LogP contribution in [0.4, 0.5) is 0 Å². The van der Waals surface area contributed by atoms with Crippen LogP contribution in [0.3, 0.4) is 0 Å². The van der Waals surface area contributed by atoms with Gasteiger partial charge < -0.3 is 14.9 Å². The zero-order valence-electron chi connectivity index (χ0n) is 11.6. The summed E-state index contributed by atoms with van der Waals surface area (Å²) in [4.78, 5) is 26.0. The molecule has 0 saturated carbocycles. The standard InChI is InChI=1S/C12H19N3O4S/c1-8(2)3-5-13-11(18)12-14-9(15-19-12)7-20-6-4-10(16)17/h8H,3-7H2,1-2H3,(H,13,18)(H,16,17). The van der Waals surface area contributed by atoms with E-state index in [1.165, 1.54) is 11.8 Å². The lowest BCUT2D eigenvalue weighted by Gasteiger charge is -2.04. The number of nitrogens with one attached hydrogen (secondary N) is 1. The van der Waals surface area contributed by atoms with Crippen molar-refractivity contribution in [2.45, 2.75) is 32.4 Å². The first kappa shape index (κ1) is 16.5. The summed E-state index contributed by atoms with van der Waals surface area (Å²) in [5.41, 5.74) is 0. The Kier molecular flexibility index (Phi) is 7.06. The summed E-state index contributed by atoms with van der Waals surface area (Å²) in [6.07, 6.45) is 0.975. The highest BCUT2D eigenvalue weighted by molar-refractivity contribution is 7.98. The Hall–Kier alpha value is -1.57. The summed E-state index contributed by atoms with van der Waals surface area (Å²) in [7, 11) is 0. The number of carboxylic acids is 1. The Bertz CT molecular complexity index is 448. The van der Waals surface area contributed by atoms with Crippen LogP contribution in [0.25, 0.3) is 0 Å². The van der Waals surface area contributed by atoms with Gasteiger partial charge in [-0.25, -0.2) is 0 Å². The maximum absolute atomic E-state index is 11.7. The van der Waals surface area contributed by atoms with Crippen LogP contribution >= 0.6 is 11.8 Å². The van der Waals surface area contributed by atoms with Crippen molar-refractivity contribution in [1.29, 1.82) is 0 Å². The second-order valence-electron chi connectivity index (χ2n) is 4.65. The van der Waals surface area contributed by atoms with E-state index in [9.17, 15) is 9.59 Å². The molecular weight excluding hydrogens is 282 g/mol. The van der Waals surface area contributed by atoms with Gasteiger partial charge in [0.05, 0.1) is 12.2 Å². The number of rotatable bonds is 9. The first-order chi connectivity index (χ1) is 9.49. The second-order valence-corrected chi connectivity index (χ2v) is 5.76. The highest BCUT2D eigenvalue weighted by atomic mass is 32.2. The average molecular weight is 301 g/mol. The monoisotopic (exact) mass is 301 g/mol. The number of aromatic nitrogens is 2. The molecular formula is C12H19N3O4S. The highest BCUT2D eigenvalue weighted by Gasteiger charge is 2.14. The van der Waals surface area contributed by atoms with E-state index in [2.05, 4.69) is 29.3 Å². The van der Waals surface area contributed by atoms with Gasteiger partial charge >= 0.3 is 17.8 Å². The number of carbonyl (C=O) groups is 2. The van der Waals surface area contributed by atoms with Gasteiger partial charge in [0.2, 0.25) is 0 Å². The Balaban J connectivity index is 2.31. The molecule has 8 heteroatoms. The smallest absolute Gasteiger partial charge is 0.315 e. The molecule has 1 heterocycles. The van der Waals surface area contributed by atoms with E-state index < -0.39 is 5.97 Å². The van der Waals surface area contributed by atoms with Crippen molar-refractivity contribution in [3.05, 3.63) is 11.7 Å². The van der Waals surface area contributed by atoms with Crippen molar-refractivity contribution in [2.75, 3.05) is 12.3 Å². The van der Waals surface area contributed by atoms with Crippen molar-refractivity contribution in [1.82, 2.24) is 15.5 Å². The minimum atomic E-state index is -0.837. The lowest BCUT2D eigenvalue weighted by Crippen LogP contribution is -2.25. The normalized spacial score (nSPS) is 10.8. The Morgan fingerprint density at radius 1 is 1.45 bits per heavy atom. The van der Waals surface area contributed by atoms with Crippen molar-refractivity contribution in [3.63, 3.8) is 0 Å². The van der Waals surface area contributed by atoms with Crippen molar-refractivity contribution in [2.24, 2.45) is 5.92 Å². The van der Waals surface area contributed by atoms with Crippen molar-refractivity contribution in [3.8, 4) is 0 Å². The average Bonchev–Trinajstić information content (AvgIpc) is 2.82. The first-order valence-electron chi connectivity index (χ1n) is 6.39. The maximum atomic E-state index is 11.7. The van der Waals surface area contributed by atoms with E-state index in [1.54, 1.807) is 0 Å². The molecule has 1 aromatic heterocycles. The van der Waals surface area contributed by atoms with Crippen LogP contribution in [-0.4, -0.2) is 39.4 Å². The zero-order chi connectivity index (χ0) is 15.0. The van der Waals surface area contributed by atoms with E-state index in [4.69, 9.17) is 9.63 Å². The van der Waals surface area contributed by atoms with Gasteiger partial charge in [0, 0.05) is 12.3 Å². The Morgan fingerprint density at radius 2 is 2.20 bits per heavy atom. The number of thioether (sulfide) groups is 1. The fourth-order valence-corrected chi connectivity index (χ4v) is 2.04. The molecule has 0 unspecified atom stereocenters. The maximum Gasteiger partial charge on any atom is 0.315 e. The van der Waals surface area contributed by atoms with Crippen molar-refractivity contribution < 1.29 is 19.2 Å². The van der Waals surface area contributed by atoms with Gasteiger partial charge in [-0.05, 0) is 12.3 Å². The van der Waals surface area contributed by atoms with Crippen LogP contribution < -0.4 is 5.32 Å². The van der Waals surface area contributed by atoms with Crippen LogP contribution in [0.1, 0.15) is 43.2 Å². The molecule has 0 fully saturated rings. The third-order valence-electron chi connectivity index (χ3n) is 2.36. The number of hydrogen-bond donors (Lipinski definition) is 2. The number of nitrogens with zero attached hydrogens (tertiary/aromatic N) is 2. The summed E-state index contributed by atoms with van der Waals surface area (Å²) in [6, 6.07) is 0. The van der Waals surface area contributed by atoms with Crippen LogP contribution in [0, 0.1) is 5.92 Å². The van der Waals surface area contributed by atoms with Gasteiger partial charge in [-0.15, -0.1) is 0 Å². The van der Waals surface area contributed by atoms with Gasteiger partial charge in [0.15, 0.2) is 5.82 Å². The summed E-state index contributed by atoms with van der Waals surface area (Å²) >= 11 is 1.38. The largest absolute Gasteiger partial charge is 0.481 e. The van der Waals surface area contributed by atoms with E-state index in [0.717, 1.165) is 6.42 Å². The number of carboxylic acid groups (broad SMARTS) is 1. The molecule has 1 aromatic rings. The predicted molar refractivity (Wildman–Crippen MR) is 74.5 cm³/mol. The van der Waals surface area contributed by atoms with Crippen molar-refractivity contribution >= 4 is 23.6 Å². The van der Waals surface area contributed by atoms with E-state index in [1.807, 2.05) is 0 Å². The molecule has 0 spiro atoms. The molecule has 20 heavy (non-hydrogen) atoms. The van der Waals surface area contributed by atoms with Gasteiger partial charge in [-0.1, -0.05) is 19.0 Å². The predicted octanol–water partition coefficient (Wildman–Crippen LogP) is 1.55. The van der Waals surface area contributed by atoms with E-state index in [0.29, 0.717) is 29.8 Å². The van der Waals surface area contributed by atoms with Gasteiger partial charge in [-0.2, -0.15) is 16.7 Å². The summed E-state index contributed by atoms with van der Waals surface area (Å²) < 4.78 is 4.86. The molecule has 0 aliphatic carbocycles. The van der Waals surface area contributed by atoms with Crippen LogP contribution in [0.5, 0.6) is 0 Å². The fourth-order valence-electron chi connectivity index (χ4n) is 1.28. The zero-order valence-corrected chi connectivity index (χ0v) is 12.4. The molecule has 1 amide bonds. The lowest BCUT2D eigenvalue weighted by molar-refractivity contribution is -0.136. The van der Waals surface area contributed by atoms with Crippen LogP contribution in [-0.2, 0) is 10.5 Å². The molecule has 0 saturated heterocycles. The summed E-state index contributed by atoms with van der Waals surface area (Å²) in [5.74, 6) is 0.544. The molecule has 2 N–H and O–H groups in total. The number of hydrogen-bond acceptors (Lipinski definition) is 6. The minimum absolute atomic E-state index is 0.0532. The number of aliphatic carboxylic acids is 1. The molecule has 7 nitrogen and oxygen atoms in total. The molecule has 112 valence electrons. The molecule has 0 aromatic carbocycles. The molecule has 0 aliphatic heterocycles. The summed E-state index contributed by atoms with van der Waals surface area (Å²) in [6.45, 7) is 4.72. The first-order valence-corrected chi connectivity index (χ1v) is 7.55. The Labute approximate surface area is 121 Å². The molecule has 0 bridgehead atoms. The minimum Gasteiger partial charge on any atom is -0.481 e. The SMILES string of the molecule is CC(C)CCNC(=O)c1nc(CSCCC(=O)O)no1. The molecule has 0 aliphatic rings. The molecule has 1 rings (SSSR count). The Morgan fingerprint density at radius 3 is 2.85 bits per heavy atom. The van der Waals surface area contributed by atoms with E-state index in [-0.39, 0.29) is 18.2 Å². The van der Waals surface area contributed by atoms with Gasteiger partial charge in [0.1, 0.15) is 0 Å². The topological polar surface area (TPSA) is 105 Å². The molecule has 0 radical (unpaired) electrons. The lowest BCUT2D eigenvalue weighted by atomic mass is 10.1. The van der Waals surface area contributed by atoms with Gasteiger partial charge in [0.25, 0.3) is 0 Å². The summed E-state index contributed by atoms with van der Waals surface area (Å²) in [5, 5.41) is 14.9. The van der Waals surface area contributed by atoms with E-state index >= 15 is 0 Å². The van der Waals surface area contributed by atoms with Gasteiger partial charge in [-0.3, -0.25) is 9.59 Å². The number of amides is 1. The van der Waals surface area contributed by atoms with Crippen LogP contribution in [0.2, 0.25) is 0 Å². The molecule has 0 atom stereocenters. The van der Waals surface area contributed by atoms with Crippen LogP contribution in [0.15, 0.2) is 4.52 Å². The highest BCUT2D eigenvalue weighted by Crippen LogP contribution is 2.10.